The van der Waals surface area contributed by atoms with Crippen molar-refractivity contribution in [2.45, 2.75) is 74.6 Å². The molecule has 1 spiro atoms. The molecule has 0 bridgehead atoms. The molecule has 1 aliphatic heterocycles. The first kappa shape index (κ1) is 15.2. The molecule has 2 saturated carbocycles. The highest BCUT2D eigenvalue weighted by Crippen LogP contribution is 2.36. The number of rotatable bonds is 2. The number of thioether (sulfide) groups is 1. The van der Waals surface area contributed by atoms with Crippen molar-refractivity contribution >= 4 is 23.6 Å². The summed E-state index contributed by atoms with van der Waals surface area (Å²) >= 11 is 1.95. The first-order chi connectivity index (χ1) is 10.1. The van der Waals surface area contributed by atoms with Crippen molar-refractivity contribution in [1.29, 1.82) is 0 Å². The van der Waals surface area contributed by atoms with Gasteiger partial charge in [0.05, 0.1) is 0 Å². The highest BCUT2D eigenvalue weighted by Gasteiger charge is 2.48. The average molecular weight is 310 g/mol. The lowest BCUT2D eigenvalue weighted by atomic mass is 9.90. The van der Waals surface area contributed by atoms with Gasteiger partial charge in [-0.25, -0.2) is 0 Å². The summed E-state index contributed by atoms with van der Waals surface area (Å²) in [6.45, 7) is 0.612. The fourth-order valence-corrected chi connectivity index (χ4v) is 4.98. The van der Waals surface area contributed by atoms with Crippen molar-refractivity contribution in [1.82, 2.24) is 10.2 Å². The molecule has 0 atom stereocenters. The molecular formula is C16H26N2O2S. The molecule has 3 fully saturated rings. The largest absolute Gasteiger partial charge is 0.342 e. The van der Waals surface area contributed by atoms with Crippen molar-refractivity contribution in [3.63, 3.8) is 0 Å². The monoisotopic (exact) mass is 310 g/mol. The number of carbonyl (C=O) groups excluding carboxylic acids is 2. The molecule has 2 amide bonds. The molecule has 5 heteroatoms. The Balaban J connectivity index is 1.75. The van der Waals surface area contributed by atoms with Crippen LogP contribution in [0.3, 0.4) is 0 Å². The van der Waals surface area contributed by atoms with Crippen LogP contribution >= 0.6 is 11.8 Å². The maximum Gasteiger partial charge on any atom is 0.248 e. The van der Waals surface area contributed by atoms with Crippen molar-refractivity contribution in [3.8, 4) is 0 Å². The lowest BCUT2D eigenvalue weighted by molar-refractivity contribution is -0.141. The van der Waals surface area contributed by atoms with Gasteiger partial charge >= 0.3 is 0 Å². The summed E-state index contributed by atoms with van der Waals surface area (Å²) in [7, 11) is 0. The molecule has 4 nitrogen and oxygen atoms in total. The Bertz CT molecular complexity index is 413. The van der Waals surface area contributed by atoms with Gasteiger partial charge < -0.3 is 10.2 Å². The summed E-state index contributed by atoms with van der Waals surface area (Å²) < 4.78 is 0. The Morgan fingerprint density at radius 3 is 2.43 bits per heavy atom. The van der Waals surface area contributed by atoms with Crippen LogP contribution in [-0.2, 0) is 9.59 Å². The van der Waals surface area contributed by atoms with E-state index >= 15 is 0 Å². The van der Waals surface area contributed by atoms with Crippen LogP contribution in [0.4, 0.5) is 0 Å². The highest BCUT2D eigenvalue weighted by atomic mass is 32.2. The number of carbonyl (C=O) groups is 2. The fourth-order valence-electron chi connectivity index (χ4n) is 4.24. The predicted molar refractivity (Wildman–Crippen MR) is 85.2 cm³/mol. The average Bonchev–Trinajstić information content (AvgIpc) is 2.92. The van der Waals surface area contributed by atoms with E-state index in [2.05, 4.69) is 16.5 Å². The summed E-state index contributed by atoms with van der Waals surface area (Å²) in [6.07, 6.45) is 11.0. The Hall–Kier alpha value is -0.710. The van der Waals surface area contributed by atoms with Gasteiger partial charge in [0.15, 0.2) is 0 Å². The van der Waals surface area contributed by atoms with Gasteiger partial charge in [-0.05, 0) is 44.8 Å². The molecule has 1 saturated heterocycles. The Labute approximate surface area is 131 Å². The van der Waals surface area contributed by atoms with E-state index in [0.29, 0.717) is 19.0 Å². The molecule has 0 unspecified atom stereocenters. The number of hydrogen-bond donors (Lipinski definition) is 1. The zero-order valence-corrected chi connectivity index (χ0v) is 13.7. The topological polar surface area (TPSA) is 49.4 Å². The Morgan fingerprint density at radius 1 is 1.14 bits per heavy atom. The zero-order chi connectivity index (χ0) is 14.9. The molecule has 2 aliphatic carbocycles. The zero-order valence-electron chi connectivity index (χ0n) is 12.9. The van der Waals surface area contributed by atoms with Crippen LogP contribution in [0.25, 0.3) is 0 Å². The molecule has 0 aromatic carbocycles. The first-order valence-electron chi connectivity index (χ1n) is 8.29. The molecule has 1 heterocycles. The third kappa shape index (κ3) is 2.94. The van der Waals surface area contributed by atoms with Crippen LogP contribution in [0, 0.1) is 0 Å². The van der Waals surface area contributed by atoms with Crippen molar-refractivity contribution in [3.05, 3.63) is 0 Å². The smallest absolute Gasteiger partial charge is 0.248 e. The minimum Gasteiger partial charge on any atom is -0.342 e. The molecule has 1 N–H and O–H groups in total. The molecule has 3 rings (SSSR count). The van der Waals surface area contributed by atoms with E-state index in [-0.39, 0.29) is 11.8 Å². The fraction of sp³-hybridized carbons (Fsp3) is 0.875. The Morgan fingerprint density at radius 2 is 1.81 bits per heavy atom. The second kappa shape index (κ2) is 6.19. The van der Waals surface area contributed by atoms with E-state index in [1.807, 2.05) is 11.8 Å². The van der Waals surface area contributed by atoms with Crippen LogP contribution in [0.2, 0.25) is 0 Å². The quantitative estimate of drug-likeness (QED) is 0.851. The van der Waals surface area contributed by atoms with Gasteiger partial charge in [0.1, 0.15) is 5.54 Å². The summed E-state index contributed by atoms with van der Waals surface area (Å²) in [4.78, 5) is 27.1. The first-order valence-corrected chi connectivity index (χ1v) is 9.58. The summed E-state index contributed by atoms with van der Waals surface area (Å²) in [5.41, 5.74) is -0.566. The van der Waals surface area contributed by atoms with Crippen molar-refractivity contribution in [2.24, 2.45) is 0 Å². The minimum atomic E-state index is -0.566. The normalized spacial score (nSPS) is 33.1. The summed E-state index contributed by atoms with van der Waals surface area (Å²) in [5.74, 6) is 0.268. The molecule has 0 aromatic rings. The second-order valence-corrected chi connectivity index (χ2v) is 7.89. The SMILES string of the molecule is CSC1CCC(N2CCC(=O)NC3(CCCC3)C2=O)CC1. The maximum absolute atomic E-state index is 13.1. The molecule has 0 radical (unpaired) electrons. The molecule has 0 aromatic heterocycles. The van der Waals surface area contributed by atoms with Crippen LogP contribution in [-0.4, -0.2) is 46.3 Å². The molecule has 3 aliphatic rings. The molecule has 21 heavy (non-hydrogen) atoms. The van der Waals surface area contributed by atoms with Gasteiger partial charge in [-0.1, -0.05) is 12.8 Å². The molecule has 118 valence electrons. The number of nitrogens with one attached hydrogen (secondary N) is 1. The standard InChI is InChI=1S/C16H26N2O2S/c1-21-13-6-4-12(5-7-13)18-11-8-14(19)17-16(15(18)20)9-2-3-10-16/h12-13H,2-11H2,1H3,(H,17,19). The van der Waals surface area contributed by atoms with Gasteiger partial charge in [0.2, 0.25) is 11.8 Å². The van der Waals surface area contributed by atoms with E-state index < -0.39 is 5.54 Å². The van der Waals surface area contributed by atoms with Crippen molar-refractivity contribution in [2.75, 3.05) is 12.8 Å². The molecular weight excluding hydrogens is 284 g/mol. The van der Waals surface area contributed by atoms with Gasteiger partial charge in [0, 0.05) is 24.3 Å². The Kier molecular flexibility index (Phi) is 4.48. The van der Waals surface area contributed by atoms with Crippen LogP contribution < -0.4 is 5.32 Å². The maximum atomic E-state index is 13.1. The third-order valence-corrected chi connectivity index (χ3v) is 6.64. The predicted octanol–water partition coefficient (Wildman–Crippen LogP) is 2.32. The second-order valence-electron chi connectivity index (χ2n) is 6.75. The third-order valence-electron chi connectivity index (χ3n) is 5.50. The minimum absolute atomic E-state index is 0.0607. The van der Waals surface area contributed by atoms with E-state index in [0.717, 1.165) is 43.8 Å². The summed E-state index contributed by atoms with van der Waals surface area (Å²) in [6, 6.07) is 0.353. The van der Waals surface area contributed by atoms with E-state index in [1.54, 1.807) is 0 Å². The van der Waals surface area contributed by atoms with Crippen molar-refractivity contribution < 1.29 is 9.59 Å². The van der Waals surface area contributed by atoms with Crippen LogP contribution in [0.15, 0.2) is 0 Å². The number of nitrogens with zero attached hydrogens (tertiary/aromatic N) is 1. The van der Waals surface area contributed by atoms with Gasteiger partial charge in [0.25, 0.3) is 0 Å². The lowest BCUT2D eigenvalue weighted by Crippen LogP contribution is -2.57. The lowest BCUT2D eigenvalue weighted by Gasteiger charge is -2.39. The van der Waals surface area contributed by atoms with Gasteiger partial charge in [-0.2, -0.15) is 11.8 Å². The van der Waals surface area contributed by atoms with Gasteiger partial charge in [-0.3, -0.25) is 9.59 Å². The summed E-state index contributed by atoms with van der Waals surface area (Å²) in [5, 5.41) is 3.81. The van der Waals surface area contributed by atoms with E-state index in [1.165, 1.54) is 12.8 Å². The number of amides is 2. The van der Waals surface area contributed by atoms with E-state index in [9.17, 15) is 9.59 Å². The number of hydrogen-bond acceptors (Lipinski definition) is 3. The van der Waals surface area contributed by atoms with Crippen LogP contribution in [0.1, 0.15) is 57.8 Å². The van der Waals surface area contributed by atoms with E-state index in [4.69, 9.17) is 0 Å². The van der Waals surface area contributed by atoms with Gasteiger partial charge in [-0.15, -0.1) is 0 Å². The van der Waals surface area contributed by atoms with Crippen LogP contribution in [0.5, 0.6) is 0 Å². The highest BCUT2D eigenvalue weighted by molar-refractivity contribution is 7.99.